The molecule has 0 amide bonds. The van der Waals surface area contributed by atoms with Gasteiger partial charge in [0.15, 0.2) is 0 Å². The van der Waals surface area contributed by atoms with Gasteiger partial charge in [-0.25, -0.2) is 0 Å². The third kappa shape index (κ3) is 3.23. The zero-order chi connectivity index (χ0) is 13.4. The van der Waals surface area contributed by atoms with E-state index in [-0.39, 0.29) is 23.9 Å². The van der Waals surface area contributed by atoms with Gasteiger partial charge in [-0.3, -0.25) is 4.90 Å². The minimum absolute atomic E-state index is 0.0778. The van der Waals surface area contributed by atoms with Crippen LogP contribution in [-0.4, -0.2) is 53.0 Å². The van der Waals surface area contributed by atoms with Crippen LogP contribution >= 0.6 is 0 Å². The molecule has 1 heterocycles. The summed E-state index contributed by atoms with van der Waals surface area (Å²) < 4.78 is 5.95. The second-order valence-electron chi connectivity index (χ2n) is 6.89. The average molecular weight is 256 g/mol. The molecule has 18 heavy (non-hydrogen) atoms. The van der Waals surface area contributed by atoms with Gasteiger partial charge < -0.3 is 15.6 Å². The summed E-state index contributed by atoms with van der Waals surface area (Å²) in [5.74, 6) is 0. The molecule has 0 bridgehead atoms. The molecule has 1 aliphatic carbocycles. The van der Waals surface area contributed by atoms with E-state index in [2.05, 4.69) is 25.7 Å². The first kappa shape index (κ1) is 14.3. The van der Waals surface area contributed by atoms with Crippen LogP contribution in [0, 0.1) is 0 Å². The highest BCUT2D eigenvalue weighted by Gasteiger charge is 2.39. The number of ether oxygens (including phenoxy) is 1. The Balaban J connectivity index is 2.02. The van der Waals surface area contributed by atoms with Gasteiger partial charge in [0.2, 0.25) is 0 Å². The van der Waals surface area contributed by atoms with E-state index in [0.29, 0.717) is 6.04 Å². The number of hydrogen-bond acceptors (Lipinski definition) is 4. The van der Waals surface area contributed by atoms with E-state index >= 15 is 0 Å². The van der Waals surface area contributed by atoms with Crippen LogP contribution in [0.2, 0.25) is 0 Å². The van der Waals surface area contributed by atoms with E-state index in [9.17, 15) is 5.11 Å². The van der Waals surface area contributed by atoms with Crippen molar-refractivity contribution in [3.63, 3.8) is 0 Å². The molecule has 2 aliphatic rings. The molecule has 1 saturated heterocycles. The molecule has 3 unspecified atom stereocenters. The molecule has 1 aliphatic heterocycles. The minimum Gasteiger partial charge on any atom is -0.394 e. The van der Waals surface area contributed by atoms with Crippen molar-refractivity contribution < 1.29 is 9.84 Å². The summed E-state index contributed by atoms with van der Waals surface area (Å²) in [4.78, 5) is 2.52. The molecular formula is C14H28N2O2. The zero-order valence-corrected chi connectivity index (χ0v) is 12.0. The Labute approximate surface area is 110 Å². The van der Waals surface area contributed by atoms with Crippen LogP contribution in [0.1, 0.15) is 46.5 Å². The molecule has 0 aromatic rings. The predicted molar refractivity (Wildman–Crippen MR) is 72.5 cm³/mol. The first-order valence-corrected chi connectivity index (χ1v) is 7.15. The summed E-state index contributed by atoms with van der Waals surface area (Å²) in [6.45, 7) is 8.49. The largest absolute Gasteiger partial charge is 0.394 e. The van der Waals surface area contributed by atoms with Gasteiger partial charge in [-0.1, -0.05) is 0 Å². The average Bonchev–Trinajstić information content (AvgIpc) is 2.26. The van der Waals surface area contributed by atoms with E-state index < -0.39 is 0 Å². The van der Waals surface area contributed by atoms with Gasteiger partial charge in [-0.2, -0.15) is 0 Å². The number of nitrogens with two attached hydrogens (primary N) is 1. The van der Waals surface area contributed by atoms with E-state index in [1.54, 1.807) is 0 Å². The molecule has 4 nitrogen and oxygen atoms in total. The fraction of sp³-hybridized carbons (Fsp3) is 1.00. The van der Waals surface area contributed by atoms with Crippen LogP contribution in [0.15, 0.2) is 0 Å². The van der Waals surface area contributed by atoms with E-state index in [0.717, 1.165) is 32.4 Å². The molecule has 0 aromatic carbocycles. The summed E-state index contributed by atoms with van der Waals surface area (Å²) in [5, 5.41) is 9.45. The van der Waals surface area contributed by atoms with Gasteiger partial charge in [0.1, 0.15) is 0 Å². The molecule has 106 valence electrons. The quantitative estimate of drug-likeness (QED) is 0.777. The van der Waals surface area contributed by atoms with Crippen LogP contribution in [0.3, 0.4) is 0 Å². The lowest BCUT2D eigenvalue weighted by Gasteiger charge is -2.48. The van der Waals surface area contributed by atoms with Crippen molar-refractivity contribution in [2.75, 3.05) is 19.7 Å². The normalized spacial score (nSPS) is 41.8. The number of aliphatic hydroxyl groups excluding tert-OH is 1. The highest BCUT2D eigenvalue weighted by Crippen LogP contribution is 2.32. The standard InChI is InChI=1S/C14H28N2O2/c1-11-8-16(9-13(2,3)18-11)12-5-4-6-14(15,7-12)10-17/h11-12,17H,4-10,15H2,1-3H3. The zero-order valence-electron chi connectivity index (χ0n) is 12.0. The molecule has 0 spiro atoms. The number of morpholine rings is 1. The molecule has 1 saturated carbocycles. The number of rotatable bonds is 2. The Morgan fingerprint density at radius 2 is 2.17 bits per heavy atom. The Morgan fingerprint density at radius 3 is 2.78 bits per heavy atom. The minimum atomic E-state index is -0.366. The second-order valence-corrected chi connectivity index (χ2v) is 6.89. The molecule has 4 heteroatoms. The Kier molecular flexibility index (Phi) is 4.02. The first-order valence-electron chi connectivity index (χ1n) is 7.15. The molecule has 0 aromatic heterocycles. The number of nitrogens with zero attached hydrogens (tertiary/aromatic N) is 1. The summed E-state index contributed by atoms with van der Waals surface area (Å²) in [5.41, 5.74) is 5.81. The number of hydrogen-bond donors (Lipinski definition) is 2. The van der Waals surface area contributed by atoms with Gasteiger partial charge in [0.05, 0.1) is 18.3 Å². The lowest BCUT2D eigenvalue weighted by Crippen LogP contribution is -2.59. The molecular weight excluding hydrogens is 228 g/mol. The van der Waals surface area contributed by atoms with Gasteiger partial charge >= 0.3 is 0 Å². The fourth-order valence-electron chi connectivity index (χ4n) is 3.60. The van der Waals surface area contributed by atoms with Crippen molar-refractivity contribution in [3.05, 3.63) is 0 Å². The smallest absolute Gasteiger partial charge is 0.0757 e. The summed E-state index contributed by atoms with van der Waals surface area (Å²) in [6, 6.07) is 0.501. The predicted octanol–water partition coefficient (Wildman–Crippen LogP) is 1.12. The summed E-state index contributed by atoms with van der Waals surface area (Å²) in [6.07, 6.45) is 4.45. The van der Waals surface area contributed by atoms with Crippen LogP contribution in [0.5, 0.6) is 0 Å². The van der Waals surface area contributed by atoms with Gasteiger partial charge in [-0.05, 0) is 46.5 Å². The van der Waals surface area contributed by atoms with Gasteiger partial charge in [-0.15, -0.1) is 0 Å². The molecule has 2 rings (SSSR count). The SMILES string of the molecule is CC1CN(C2CCCC(N)(CO)C2)CC(C)(C)O1. The monoisotopic (exact) mass is 256 g/mol. The van der Waals surface area contributed by atoms with E-state index in [1.807, 2.05) is 0 Å². The summed E-state index contributed by atoms with van der Waals surface area (Å²) >= 11 is 0. The van der Waals surface area contributed by atoms with Crippen molar-refractivity contribution in [3.8, 4) is 0 Å². The van der Waals surface area contributed by atoms with Crippen LogP contribution < -0.4 is 5.73 Å². The fourth-order valence-corrected chi connectivity index (χ4v) is 3.60. The second kappa shape index (κ2) is 5.08. The van der Waals surface area contributed by atoms with Crippen LogP contribution in [-0.2, 0) is 4.74 Å². The maximum absolute atomic E-state index is 9.45. The molecule has 2 fully saturated rings. The lowest BCUT2D eigenvalue weighted by molar-refractivity contribution is -0.142. The van der Waals surface area contributed by atoms with Gasteiger partial charge in [0, 0.05) is 24.7 Å². The maximum atomic E-state index is 9.45. The Bertz CT molecular complexity index is 296. The molecule has 0 radical (unpaired) electrons. The number of aliphatic hydroxyl groups is 1. The van der Waals surface area contributed by atoms with Crippen LogP contribution in [0.4, 0.5) is 0 Å². The highest BCUT2D eigenvalue weighted by molar-refractivity contribution is 4.96. The first-order chi connectivity index (χ1) is 8.34. The lowest BCUT2D eigenvalue weighted by atomic mass is 9.79. The highest BCUT2D eigenvalue weighted by atomic mass is 16.5. The molecule has 3 atom stereocenters. The topological polar surface area (TPSA) is 58.7 Å². The van der Waals surface area contributed by atoms with Crippen molar-refractivity contribution in [1.82, 2.24) is 4.90 Å². The van der Waals surface area contributed by atoms with Crippen molar-refractivity contribution in [2.24, 2.45) is 5.73 Å². The van der Waals surface area contributed by atoms with Crippen LogP contribution in [0.25, 0.3) is 0 Å². The van der Waals surface area contributed by atoms with Gasteiger partial charge in [0.25, 0.3) is 0 Å². The van der Waals surface area contributed by atoms with E-state index in [1.165, 1.54) is 6.42 Å². The third-order valence-corrected chi connectivity index (χ3v) is 4.28. The van der Waals surface area contributed by atoms with Crippen molar-refractivity contribution in [2.45, 2.75) is 69.7 Å². The Hall–Kier alpha value is -0.160. The Morgan fingerprint density at radius 1 is 1.44 bits per heavy atom. The van der Waals surface area contributed by atoms with E-state index in [4.69, 9.17) is 10.5 Å². The summed E-state index contributed by atoms with van der Waals surface area (Å²) in [7, 11) is 0. The van der Waals surface area contributed by atoms with Crippen molar-refractivity contribution in [1.29, 1.82) is 0 Å². The third-order valence-electron chi connectivity index (χ3n) is 4.28. The molecule has 3 N–H and O–H groups in total. The maximum Gasteiger partial charge on any atom is 0.0757 e. The van der Waals surface area contributed by atoms with Crippen molar-refractivity contribution >= 4 is 0 Å².